The van der Waals surface area contributed by atoms with E-state index in [1.807, 2.05) is 31.2 Å². The molecule has 1 N–H and O–H groups in total. The van der Waals surface area contributed by atoms with Crippen LogP contribution in [-0.4, -0.2) is 53.9 Å². The van der Waals surface area contributed by atoms with Gasteiger partial charge < -0.3 is 28.9 Å². The Morgan fingerprint density at radius 3 is 2.14 bits per heavy atom. The largest absolute Gasteiger partial charge is 0.494 e. The summed E-state index contributed by atoms with van der Waals surface area (Å²) in [6, 6.07) is 12.6. The lowest BCUT2D eigenvalue weighted by Gasteiger charge is -2.40. The minimum absolute atomic E-state index is 0.419. The Bertz CT molecular complexity index is 1170. The molecule has 3 rings (SSSR count). The van der Waals surface area contributed by atoms with Crippen LogP contribution in [0.1, 0.15) is 50.5 Å². The van der Waals surface area contributed by atoms with Crippen molar-refractivity contribution >= 4 is 35.4 Å². The fourth-order valence-electron chi connectivity index (χ4n) is 4.02. The predicted molar refractivity (Wildman–Crippen MR) is 132 cm³/mol. The first-order valence-electron chi connectivity index (χ1n) is 11.5. The highest BCUT2D eigenvalue weighted by atomic mass is 35.5. The molecule has 37 heavy (non-hydrogen) atoms. The summed E-state index contributed by atoms with van der Waals surface area (Å²) in [4.78, 5) is 35.6. The van der Waals surface area contributed by atoms with Crippen LogP contribution in [0.2, 0.25) is 5.02 Å². The number of oxime groups is 1. The van der Waals surface area contributed by atoms with Gasteiger partial charge in [0.1, 0.15) is 5.75 Å². The smallest absolute Gasteiger partial charge is 0.303 e. The molecule has 0 amide bonds. The predicted octanol–water partition coefficient (Wildman–Crippen LogP) is 3.98. The van der Waals surface area contributed by atoms with Gasteiger partial charge in [-0.1, -0.05) is 41.0 Å². The van der Waals surface area contributed by atoms with Gasteiger partial charge in [0.25, 0.3) is 5.90 Å². The molecule has 0 unspecified atom stereocenters. The topological polar surface area (TPSA) is 130 Å². The molecule has 11 heteroatoms. The van der Waals surface area contributed by atoms with Crippen LogP contribution in [0.5, 0.6) is 5.75 Å². The minimum Gasteiger partial charge on any atom is -0.494 e. The van der Waals surface area contributed by atoms with Crippen molar-refractivity contribution in [3.8, 4) is 5.75 Å². The van der Waals surface area contributed by atoms with E-state index in [4.69, 9.17) is 35.3 Å². The van der Waals surface area contributed by atoms with Gasteiger partial charge in [-0.15, -0.1) is 0 Å². The molecule has 4 atom stereocenters. The maximum atomic E-state index is 12.0. The molecule has 1 aliphatic heterocycles. The van der Waals surface area contributed by atoms with Gasteiger partial charge >= 0.3 is 17.9 Å². The molecule has 2 aromatic carbocycles. The normalized spacial score (nSPS) is 22.0. The van der Waals surface area contributed by atoms with Gasteiger partial charge in [0.05, 0.1) is 6.61 Å². The SMILES string of the molecule is CCOc1ccc(Cc2cc([C@@H]3O/C(=N\O)[C@@H](OC(C)=O)[C@H](OC(C)=O)[C@H]3OC(C)=O)ccc2Cl)cc1. The molecule has 1 heterocycles. The first kappa shape index (κ1) is 27.8. The van der Waals surface area contributed by atoms with Crippen LogP contribution < -0.4 is 4.74 Å². The van der Waals surface area contributed by atoms with E-state index >= 15 is 0 Å². The highest BCUT2D eigenvalue weighted by Crippen LogP contribution is 2.37. The number of nitrogens with zero attached hydrogens (tertiary/aromatic N) is 1. The molecule has 0 radical (unpaired) electrons. The molecular weight excluding hydrogens is 506 g/mol. The average molecular weight is 534 g/mol. The van der Waals surface area contributed by atoms with Gasteiger partial charge in [-0.25, -0.2) is 0 Å². The van der Waals surface area contributed by atoms with Gasteiger partial charge in [0.2, 0.25) is 6.10 Å². The number of halogens is 1. The monoisotopic (exact) mass is 533 g/mol. The first-order valence-corrected chi connectivity index (χ1v) is 11.9. The second-order valence-electron chi connectivity index (χ2n) is 8.26. The van der Waals surface area contributed by atoms with E-state index in [2.05, 4.69) is 5.16 Å². The van der Waals surface area contributed by atoms with Crippen LogP contribution in [-0.2, 0) is 39.8 Å². The molecule has 1 fully saturated rings. The van der Waals surface area contributed by atoms with Crippen LogP contribution in [0.4, 0.5) is 0 Å². The van der Waals surface area contributed by atoms with Crippen molar-refractivity contribution in [2.75, 3.05) is 6.61 Å². The number of carbonyl (C=O) groups excluding carboxylic acids is 3. The number of hydrogen-bond acceptors (Lipinski definition) is 10. The molecule has 0 aromatic heterocycles. The molecule has 0 spiro atoms. The van der Waals surface area contributed by atoms with E-state index < -0.39 is 48.2 Å². The molecule has 198 valence electrons. The van der Waals surface area contributed by atoms with Gasteiger partial charge in [-0.3, -0.25) is 14.4 Å². The molecule has 1 saturated heterocycles. The third-order valence-corrected chi connectivity index (χ3v) is 5.80. The molecule has 1 aliphatic rings. The third-order valence-electron chi connectivity index (χ3n) is 5.43. The maximum Gasteiger partial charge on any atom is 0.303 e. The lowest BCUT2D eigenvalue weighted by molar-refractivity contribution is -0.197. The second kappa shape index (κ2) is 12.4. The minimum atomic E-state index is -1.44. The summed E-state index contributed by atoms with van der Waals surface area (Å²) < 4.78 is 27.4. The summed E-state index contributed by atoms with van der Waals surface area (Å²) in [5.74, 6) is -1.84. The Morgan fingerprint density at radius 2 is 1.57 bits per heavy atom. The number of esters is 3. The van der Waals surface area contributed by atoms with E-state index in [1.165, 1.54) is 6.92 Å². The van der Waals surface area contributed by atoms with Crippen LogP contribution >= 0.6 is 11.6 Å². The number of hydrogen-bond donors (Lipinski definition) is 1. The van der Waals surface area contributed by atoms with Crippen molar-refractivity contribution in [2.24, 2.45) is 5.16 Å². The summed E-state index contributed by atoms with van der Waals surface area (Å²) in [7, 11) is 0. The average Bonchev–Trinajstić information content (AvgIpc) is 2.83. The van der Waals surface area contributed by atoms with Crippen LogP contribution in [0.25, 0.3) is 0 Å². The van der Waals surface area contributed by atoms with Gasteiger partial charge in [0.15, 0.2) is 18.3 Å². The molecule has 0 bridgehead atoms. The van der Waals surface area contributed by atoms with E-state index in [-0.39, 0.29) is 0 Å². The zero-order valence-electron chi connectivity index (χ0n) is 20.8. The number of benzene rings is 2. The standard InChI is InChI=1S/C26H28ClNO9/c1-5-33-20-9-6-17(7-10-20)12-19-13-18(8-11-21(19)27)22-23(34-14(2)29)24(35-15(3)30)25(36-16(4)31)26(28-32)37-22/h6-11,13,22-25,32H,5,12H2,1-4H3/b28-26-/t22-,23-,24+,25-/m0/s1. The van der Waals surface area contributed by atoms with Crippen LogP contribution in [0.15, 0.2) is 47.6 Å². The summed E-state index contributed by atoms with van der Waals surface area (Å²) in [6.45, 7) is 5.91. The summed E-state index contributed by atoms with van der Waals surface area (Å²) >= 11 is 6.48. The quantitative estimate of drug-likeness (QED) is 0.232. The van der Waals surface area contributed by atoms with E-state index in [0.717, 1.165) is 30.7 Å². The summed E-state index contributed by atoms with van der Waals surface area (Å²) in [6.07, 6.45) is -4.64. The zero-order valence-corrected chi connectivity index (χ0v) is 21.6. The molecule has 10 nitrogen and oxygen atoms in total. The molecule has 0 saturated carbocycles. The number of ether oxygens (including phenoxy) is 5. The summed E-state index contributed by atoms with van der Waals surface area (Å²) in [5.41, 5.74) is 2.20. The number of carbonyl (C=O) groups is 3. The lowest BCUT2D eigenvalue weighted by atomic mass is 9.91. The highest BCUT2D eigenvalue weighted by molar-refractivity contribution is 6.31. The first-order chi connectivity index (χ1) is 17.6. The third kappa shape index (κ3) is 7.13. The van der Waals surface area contributed by atoms with Gasteiger partial charge in [0, 0.05) is 25.8 Å². The second-order valence-corrected chi connectivity index (χ2v) is 8.67. The summed E-state index contributed by atoms with van der Waals surface area (Å²) in [5, 5.41) is 13.2. The molecule has 0 aliphatic carbocycles. The Hall–Kier alpha value is -3.79. The fourth-order valence-corrected chi connectivity index (χ4v) is 4.21. The van der Waals surface area contributed by atoms with E-state index in [1.54, 1.807) is 18.2 Å². The van der Waals surface area contributed by atoms with Crippen molar-refractivity contribution in [1.29, 1.82) is 0 Å². The maximum absolute atomic E-state index is 12.0. The zero-order chi connectivity index (χ0) is 27.1. The van der Waals surface area contributed by atoms with E-state index in [0.29, 0.717) is 23.6 Å². The van der Waals surface area contributed by atoms with Crippen LogP contribution in [0, 0.1) is 0 Å². The van der Waals surface area contributed by atoms with E-state index in [9.17, 15) is 19.6 Å². The van der Waals surface area contributed by atoms with Gasteiger partial charge in [-0.2, -0.15) is 0 Å². The van der Waals surface area contributed by atoms with Crippen molar-refractivity contribution in [3.05, 3.63) is 64.2 Å². The van der Waals surface area contributed by atoms with Crippen molar-refractivity contribution < 1.29 is 43.3 Å². The highest BCUT2D eigenvalue weighted by Gasteiger charge is 2.52. The Morgan fingerprint density at radius 1 is 0.946 bits per heavy atom. The van der Waals surface area contributed by atoms with Crippen molar-refractivity contribution in [3.63, 3.8) is 0 Å². The fraction of sp³-hybridized carbons (Fsp3) is 0.385. The Balaban J connectivity index is 2.01. The van der Waals surface area contributed by atoms with Gasteiger partial charge in [-0.05, 0) is 48.2 Å². The van der Waals surface area contributed by atoms with Crippen molar-refractivity contribution in [2.45, 2.75) is 58.5 Å². The van der Waals surface area contributed by atoms with Crippen molar-refractivity contribution in [1.82, 2.24) is 0 Å². The Labute approximate surface area is 219 Å². The molecular formula is C26H28ClNO9. The lowest BCUT2D eigenvalue weighted by Crippen LogP contribution is -2.56. The molecule has 2 aromatic rings. The Kier molecular flexibility index (Phi) is 9.35. The number of rotatable bonds is 8. The van der Waals surface area contributed by atoms with Crippen LogP contribution in [0.3, 0.4) is 0 Å².